The molecule has 4 nitrogen and oxygen atoms in total. The van der Waals surface area contributed by atoms with Crippen LogP contribution in [0.15, 0.2) is 24.3 Å². The molecule has 0 spiro atoms. The second kappa shape index (κ2) is 4.59. The van der Waals surface area contributed by atoms with E-state index < -0.39 is 0 Å². The fourth-order valence-electron chi connectivity index (χ4n) is 1.66. The molecule has 90 valence electrons. The Kier molecular flexibility index (Phi) is 3.15. The fraction of sp³-hybridized carbons (Fsp3) is 0.167. The Bertz CT molecular complexity index is 537. The van der Waals surface area contributed by atoms with Gasteiger partial charge >= 0.3 is 0 Å². The maximum absolute atomic E-state index is 9.76. The van der Waals surface area contributed by atoms with Crippen molar-refractivity contribution in [3.8, 4) is 28.6 Å². The molecule has 0 aliphatic heterocycles. The number of hydrogen-bond donors (Lipinski definition) is 3. The number of aromatic nitrogens is 1. The van der Waals surface area contributed by atoms with E-state index in [1.165, 1.54) is 0 Å². The van der Waals surface area contributed by atoms with Crippen LogP contribution in [0.2, 0.25) is 5.02 Å². The van der Waals surface area contributed by atoms with Crippen LogP contribution in [0.25, 0.3) is 11.1 Å². The van der Waals surface area contributed by atoms with Gasteiger partial charge in [-0.25, -0.2) is 0 Å². The quantitative estimate of drug-likeness (QED) is 0.787. The lowest BCUT2D eigenvalue weighted by Crippen LogP contribution is -1.92. The van der Waals surface area contributed by atoms with Gasteiger partial charge in [0.05, 0.1) is 12.2 Å². The number of nitrogens with one attached hydrogen (secondary N) is 1. The molecule has 1 aromatic heterocycles. The monoisotopic (exact) mass is 253 g/mol. The van der Waals surface area contributed by atoms with E-state index in [9.17, 15) is 10.2 Å². The summed E-state index contributed by atoms with van der Waals surface area (Å²) in [5, 5.41) is 19.8. The third-order valence-corrected chi connectivity index (χ3v) is 2.68. The molecule has 0 saturated heterocycles. The molecule has 0 aliphatic carbocycles. The van der Waals surface area contributed by atoms with Crippen molar-refractivity contribution in [1.82, 2.24) is 4.98 Å². The molecule has 1 aromatic carbocycles. The summed E-state index contributed by atoms with van der Waals surface area (Å²) < 4.78 is 5.30. The average Bonchev–Trinajstić information content (AvgIpc) is 2.56. The van der Waals surface area contributed by atoms with Crippen molar-refractivity contribution in [1.29, 1.82) is 0 Å². The molecular weight excluding hydrogens is 242 g/mol. The Balaban J connectivity index is 2.62. The number of ether oxygens (including phenoxy) is 1. The highest BCUT2D eigenvalue weighted by Gasteiger charge is 2.21. The number of rotatable bonds is 3. The zero-order valence-corrected chi connectivity index (χ0v) is 9.95. The number of H-pyrrole nitrogens is 1. The van der Waals surface area contributed by atoms with Crippen LogP contribution in [0, 0.1) is 0 Å². The highest BCUT2D eigenvalue weighted by molar-refractivity contribution is 6.33. The van der Waals surface area contributed by atoms with Gasteiger partial charge < -0.3 is 14.9 Å². The summed E-state index contributed by atoms with van der Waals surface area (Å²) in [4.78, 5) is 2.41. The second-order valence-corrected chi connectivity index (χ2v) is 3.85. The summed E-state index contributed by atoms with van der Waals surface area (Å²) in [5.74, 6) is -0.170. The summed E-state index contributed by atoms with van der Waals surface area (Å²) in [6, 6.07) is 7.03. The Morgan fingerprint density at radius 1 is 1.24 bits per heavy atom. The maximum atomic E-state index is 9.76. The van der Waals surface area contributed by atoms with Gasteiger partial charge in [0.15, 0.2) is 5.75 Å². The Hall–Kier alpha value is -1.81. The highest BCUT2D eigenvalue weighted by Crippen LogP contribution is 2.46. The molecule has 0 atom stereocenters. The van der Waals surface area contributed by atoms with E-state index >= 15 is 0 Å². The summed E-state index contributed by atoms with van der Waals surface area (Å²) >= 11 is 6.05. The van der Waals surface area contributed by atoms with E-state index in [0.29, 0.717) is 22.8 Å². The first-order valence-corrected chi connectivity index (χ1v) is 5.54. The average molecular weight is 254 g/mol. The molecule has 0 unspecified atom stereocenters. The second-order valence-electron chi connectivity index (χ2n) is 3.44. The number of halogens is 1. The first-order chi connectivity index (χ1) is 8.15. The van der Waals surface area contributed by atoms with Crippen LogP contribution >= 0.6 is 11.6 Å². The number of benzene rings is 1. The van der Waals surface area contributed by atoms with Gasteiger partial charge in [-0.15, -0.1) is 0 Å². The van der Waals surface area contributed by atoms with Crippen LogP contribution in [0.5, 0.6) is 17.5 Å². The number of aromatic amines is 1. The Labute approximate surface area is 103 Å². The van der Waals surface area contributed by atoms with Gasteiger partial charge in [0.25, 0.3) is 0 Å². The number of aromatic hydroxyl groups is 2. The van der Waals surface area contributed by atoms with Gasteiger partial charge in [-0.1, -0.05) is 29.8 Å². The van der Waals surface area contributed by atoms with Crippen LogP contribution in [0.3, 0.4) is 0 Å². The van der Waals surface area contributed by atoms with Crippen molar-refractivity contribution in [3.05, 3.63) is 29.3 Å². The van der Waals surface area contributed by atoms with Crippen LogP contribution in [0.4, 0.5) is 0 Å². The Morgan fingerprint density at radius 2 is 1.94 bits per heavy atom. The lowest BCUT2D eigenvalue weighted by Gasteiger charge is -2.07. The third kappa shape index (κ3) is 2.03. The Morgan fingerprint density at radius 3 is 2.59 bits per heavy atom. The molecule has 0 fully saturated rings. The molecule has 0 aliphatic rings. The first-order valence-electron chi connectivity index (χ1n) is 5.16. The maximum Gasteiger partial charge on any atom is 0.235 e. The largest absolute Gasteiger partial charge is 0.494 e. The van der Waals surface area contributed by atoms with Gasteiger partial charge in [-0.2, -0.15) is 0 Å². The fourth-order valence-corrected chi connectivity index (χ4v) is 1.89. The van der Waals surface area contributed by atoms with E-state index in [0.717, 1.165) is 0 Å². The van der Waals surface area contributed by atoms with Gasteiger partial charge in [0.1, 0.15) is 0 Å². The van der Waals surface area contributed by atoms with Crippen LogP contribution in [-0.2, 0) is 0 Å². The van der Waals surface area contributed by atoms with E-state index in [1.54, 1.807) is 31.2 Å². The highest BCUT2D eigenvalue weighted by atomic mass is 35.5. The lowest BCUT2D eigenvalue weighted by atomic mass is 10.1. The minimum atomic E-state index is -0.209. The molecular formula is C12H12ClNO3. The van der Waals surface area contributed by atoms with Gasteiger partial charge in [-0.3, -0.25) is 4.98 Å². The van der Waals surface area contributed by atoms with E-state index in [2.05, 4.69) is 4.98 Å². The van der Waals surface area contributed by atoms with E-state index in [4.69, 9.17) is 16.3 Å². The van der Waals surface area contributed by atoms with E-state index in [-0.39, 0.29) is 17.5 Å². The topological polar surface area (TPSA) is 65.5 Å². The zero-order valence-electron chi connectivity index (χ0n) is 9.20. The summed E-state index contributed by atoms with van der Waals surface area (Å²) in [5.41, 5.74) is 0.974. The van der Waals surface area contributed by atoms with E-state index in [1.807, 2.05) is 0 Å². The van der Waals surface area contributed by atoms with Crippen LogP contribution in [0.1, 0.15) is 6.92 Å². The van der Waals surface area contributed by atoms with Crippen molar-refractivity contribution < 1.29 is 14.9 Å². The molecule has 0 radical (unpaired) electrons. The molecule has 17 heavy (non-hydrogen) atoms. The molecule has 0 amide bonds. The van der Waals surface area contributed by atoms with Crippen LogP contribution in [-0.4, -0.2) is 21.8 Å². The molecule has 0 bridgehead atoms. The van der Waals surface area contributed by atoms with Crippen LogP contribution < -0.4 is 4.74 Å². The molecule has 1 heterocycles. The van der Waals surface area contributed by atoms with Crippen molar-refractivity contribution in [2.24, 2.45) is 0 Å². The molecule has 3 N–H and O–H groups in total. The van der Waals surface area contributed by atoms with Crippen molar-refractivity contribution in [3.63, 3.8) is 0 Å². The predicted octanol–water partition coefficient (Wildman–Crippen LogP) is 3.15. The SMILES string of the molecule is CCOc1c(O)[nH]c(O)c1-c1ccccc1Cl. The molecule has 5 heteroatoms. The normalized spacial score (nSPS) is 10.5. The van der Waals surface area contributed by atoms with Gasteiger partial charge in [0, 0.05) is 10.6 Å². The molecule has 2 aromatic rings. The summed E-state index contributed by atoms with van der Waals surface area (Å²) in [7, 11) is 0. The lowest BCUT2D eigenvalue weighted by molar-refractivity contribution is 0.317. The number of hydrogen-bond acceptors (Lipinski definition) is 3. The summed E-state index contributed by atoms with van der Waals surface area (Å²) in [6.07, 6.45) is 0. The van der Waals surface area contributed by atoms with Crippen molar-refractivity contribution in [2.75, 3.05) is 6.61 Å². The predicted molar refractivity (Wildman–Crippen MR) is 65.7 cm³/mol. The minimum absolute atomic E-state index is 0.168. The molecule has 0 saturated carbocycles. The van der Waals surface area contributed by atoms with Crippen molar-refractivity contribution in [2.45, 2.75) is 6.92 Å². The van der Waals surface area contributed by atoms with Gasteiger partial charge in [-0.05, 0) is 13.0 Å². The summed E-state index contributed by atoms with van der Waals surface area (Å²) in [6.45, 7) is 2.17. The first kappa shape index (κ1) is 11.7. The molecule has 2 rings (SSSR count). The van der Waals surface area contributed by atoms with Gasteiger partial charge in [0.2, 0.25) is 11.8 Å². The zero-order chi connectivity index (χ0) is 12.4. The third-order valence-electron chi connectivity index (χ3n) is 2.35. The minimum Gasteiger partial charge on any atom is -0.494 e. The van der Waals surface area contributed by atoms with Crippen molar-refractivity contribution >= 4 is 11.6 Å². The standard InChI is InChI=1S/C12H12ClNO3/c1-2-17-10-9(11(15)14-12(10)16)7-5-3-4-6-8(7)13/h3-6,14-16H,2H2,1H3. The smallest absolute Gasteiger partial charge is 0.235 e.